The number of nitrogens with zero attached hydrogens (tertiary/aromatic N) is 1. The van der Waals surface area contributed by atoms with Gasteiger partial charge in [0.15, 0.2) is 13.9 Å². The van der Waals surface area contributed by atoms with E-state index in [1.807, 2.05) is 6.92 Å². The number of carbonyl (C=O) groups is 3. The molecule has 41 heavy (non-hydrogen) atoms. The SMILES string of the molecule is C[C@H](O)C(=O)Nc1ccc(CN2C(=O)[C@@]3(O[C@@H](CCO)[C@H]([Si](C)(C)O)[C@H]3C)c3cc(NC(=O)[C@H](C)O)ccc32)cc1. The maximum atomic E-state index is 14.4. The molecule has 0 bridgehead atoms. The van der Waals surface area contributed by atoms with Crippen molar-refractivity contribution in [1.29, 1.82) is 0 Å². The Morgan fingerprint density at radius 3 is 2.12 bits per heavy atom. The van der Waals surface area contributed by atoms with Gasteiger partial charge in [-0.3, -0.25) is 14.4 Å². The first-order valence-electron chi connectivity index (χ1n) is 13.7. The number of rotatable bonds is 9. The molecule has 0 aliphatic carbocycles. The number of aliphatic hydroxyl groups is 3. The standard InChI is InChI=1S/C29H39N3O8Si/c1-16-25(41(4,5)39)24(12-13-33)40-29(16)22-14-21(31-27(37)18(3)35)10-11-23(22)32(28(29)38)15-19-6-8-20(9-7-19)30-26(36)17(2)34/h6-11,14,16-18,24-25,33-35,39H,12-13,15H2,1-5H3,(H,30,36)(H,31,37)/t16-,17+,18+,24+,25-,29+/m1/s1. The van der Waals surface area contributed by atoms with Crippen LogP contribution >= 0.6 is 0 Å². The van der Waals surface area contributed by atoms with E-state index in [9.17, 15) is 34.5 Å². The van der Waals surface area contributed by atoms with Crippen molar-refractivity contribution in [3.8, 4) is 0 Å². The van der Waals surface area contributed by atoms with E-state index in [0.29, 0.717) is 22.6 Å². The summed E-state index contributed by atoms with van der Waals surface area (Å²) in [6.45, 7) is 8.24. The molecule has 2 aliphatic heterocycles. The van der Waals surface area contributed by atoms with Crippen LogP contribution in [-0.4, -0.2) is 71.1 Å². The van der Waals surface area contributed by atoms with Crippen LogP contribution in [0.1, 0.15) is 38.3 Å². The zero-order valence-electron chi connectivity index (χ0n) is 23.9. The Hall–Kier alpha value is -3.13. The minimum Gasteiger partial charge on any atom is -0.432 e. The molecule has 11 nitrogen and oxygen atoms in total. The number of hydrogen-bond acceptors (Lipinski definition) is 8. The molecule has 6 atom stereocenters. The van der Waals surface area contributed by atoms with Crippen molar-refractivity contribution in [3.05, 3.63) is 53.6 Å². The molecule has 1 saturated heterocycles. The van der Waals surface area contributed by atoms with Gasteiger partial charge >= 0.3 is 0 Å². The smallest absolute Gasteiger partial charge is 0.264 e. The minimum atomic E-state index is -2.87. The number of hydrogen-bond donors (Lipinski definition) is 6. The molecule has 2 aromatic rings. The van der Waals surface area contributed by atoms with Gasteiger partial charge in [-0.2, -0.15) is 0 Å². The number of amides is 3. The highest BCUT2D eigenvalue weighted by Crippen LogP contribution is 2.60. The molecule has 4 rings (SSSR count). The Labute approximate surface area is 240 Å². The Morgan fingerprint density at radius 1 is 1.02 bits per heavy atom. The van der Waals surface area contributed by atoms with Gasteiger partial charge in [-0.1, -0.05) is 19.1 Å². The summed E-state index contributed by atoms with van der Waals surface area (Å²) >= 11 is 0. The van der Waals surface area contributed by atoms with E-state index in [-0.39, 0.29) is 31.0 Å². The lowest BCUT2D eigenvalue weighted by Crippen LogP contribution is -2.46. The maximum absolute atomic E-state index is 14.4. The first-order chi connectivity index (χ1) is 19.2. The topological polar surface area (TPSA) is 169 Å². The highest BCUT2D eigenvalue weighted by atomic mass is 28.4. The fourth-order valence-corrected chi connectivity index (χ4v) is 8.68. The quantitative estimate of drug-likeness (QED) is 0.243. The summed E-state index contributed by atoms with van der Waals surface area (Å²) in [4.78, 5) is 51.3. The van der Waals surface area contributed by atoms with Crippen LogP contribution in [0.5, 0.6) is 0 Å². The molecule has 222 valence electrons. The first kappa shape index (κ1) is 30.8. The van der Waals surface area contributed by atoms with E-state index >= 15 is 0 Å². The number of benzene rings is 2. The largest absolute Gasteiger partial charge is 0.432 e. The fourth-order valence-electron chi connectivity index (χ4n) is 6.08. The molecule has 0 radical (unpaired) electrons. The van der Waals surface area contributed by atoms with Gasteiger partial charge in [-0.25, -0.2) is 0 Å². The average Bonchev–Trinajstić information content (AvgIpc) is 3.31. The van der Waals surface area contributed by atoms with E-state index in [4.69, 9.17) is 4.74 Å². The molecule has 2 aliphatic rings. The molecular formula is C29H39N3O8Si. The molecular weight excluding hydrogens is 546 g/mol. The van der Waals surface area contributed by atoms with Crippen LogP contribution < -0.4 is 15.5 Å². The van der Waals surface area contributed by atoms with E-state index < -0.39 is 50.0 Å². The molecule has 1 spiro atoms. The molecule has 12 heteroatoms. The second-order valence-electron chi connectivity index (χ2n) is 11.5. The van der Waals surface area contributed by atoms with Gasteiger partial charge < -0.3 is 40.4 Å². The van der Waals surface area contributed by atoms with E-state index in [1.165, 1.54) is 13.8 Å². The number of anilines is 3. The number of fused-ring (bicyclic) bond motifs is 2. The van der Waals surface area contributed by atoms with Crippen LogP contribution in [0.3, 0.4) is 0 Å². The molecule has 0 saturated carbocycles. The van der Waals surface area contributed by atoms with E-state index in [0.717, 1.165) is 5.56 Å². The summed E-state index contributed by atoms with van der Waals surface area (Å²) in [7, 11) is -2.87. The third-order valence-electron chi connectivity index (χ3n) is 7.99. The summed E-state index contributed by atoms with van der Waals surface area (Å²) in [6.07, 6.45) is -2.68. The summed E-state index contributed by atoms with van der Waals surface area (Å²) in [5.41, 5.74) is 0.990. The van der Waals surface area contributed by atoms with Gasteiger partial charge in [0.05, 0.1) is 18.3 Å². The van der Waals surface area contributed by atoms with Crippen LogP contribution in [0.25, 0.3) is 0 Å². The molecule has 3 amide bonds. The van der Waals surface area contributed by atoms with Crippen molar-refractivity contribution in [2.45, 2.75) is 76.3 Å². The van der Waals surface area contributed by atoms with Crippen LogP contribution in [0.4, 0.5) is 17.1 Å². The molecule has 6 N–H and O–H groups in total. The van der Waals surface area contributed by atoms with Gasteiger partial charge in [0, 0.05) is 35.0 Å². The maximum Gasteiger partial charge on any atom is 0.264 e. The Bertz CT molecular complexity index is 1310. The fraction of sp³-hybridized carbons (Fsp3) is 0.483. The Balaban J connectivity index is 1.75. The van der Waals surface area contributed by atoms with Crippen molar-refractivity contribution < 1.29 is 39.2 Å². The van der Waals surface area contributed by atoms with Crippen LogP contribution in [0.2, 0.25) is 18.6 Å². The number of carbonyl (C=O) groups excluding carboxylic acids is 3. The van der Waals surface area contributed by atoms with Crippen LogP contribution in [0.15, 0.2) is 42.5 Å². The Kier molecular flexibility index (Phi) is 8.74. The van der Waals surface area contributed by atoms with Crippen molar-refractivity contribution in [3.63, 3.8) is 0 Å². The van der Waals surface area contributed by atoms with E-state index in [2.05, 4.69) is 10.6 Å². The zero-order valence-corrected chi connectivity index (χ0v) is 24.9. The number of aliphatic hydroxyl groups excluding tert-OH is 3. The molecule has 2 aromatic carbocycles. The lowest BCUT2D eigenvalue weighted by Gasteiger charge is -2.32. The predicted octanol–water partition coefficient (Wildman–Crippen LogP) is 2.05. The molecule has 0 unspecified atom stereocenters. The zero-order chi connectivity index (χ0) is 30.3. The van der Waals surface area contributed by atoms with Crippen LogP contribution in [-0.2, 0) is 31.3 Å². The molecule has 2 heterocycles. The van der Waals surface area contributed by atoms with Crippen molar-refractivity contribution >= 4 is 43.1 Å². The number of ether oxygens (including phenoxy) is 1. The van der Waals surface area contributed by atoms with Crippen LogP contribution in [0, 0.1) is 5.92 Å². The minimum absolute atomic E-state index is 0.165. The third-order valence-corrected chi connectivity index (χ3v) is 10.5. The summed E-state index contributed by atoms with van der Waals surface area (Å²) < 4.78 is 6.59. The van der Waals surface area contributed by atoms with Gasteiger partial charge in [0.2, 0.25) is 0 Å². The van der Waals surface area contributed by atoms with Crippen molar-refractivity contribution in [2.75, 3.05) is 22.1 Å². The highest BCUT2D eigenvalue weighted by Gasteiger charge is 2.66. The monoisotopic (exact) mass is 585 g/mol. The second kappa shape index (κ2) is 11.6. The normalized spacial score (nSPS) is 25.2. The lowest BCUT2D eigenvalue weighted by molar-refractivity contribution is -0.146. The van der Waals surface area contributed by atoms with Gasteiger partial charge in [0.1, 0.15) is 12.2 Å². The predicted molar refractivity (Wildman–Crippen MR) is 156 cm³/mol. The van der Waals surface area contributed by atoms with Gasteiger partial charge in [-0.05, 0) is 69.3 Å². The number of nitrogens with one attached hydrogen (secondary N) is 2. The summed E-state index contributed by atoms with van der Waals surface area (Å²) in [5.74, 6) is -1.88. The van der Waals surface area contributed by atoms with E-state index in [1.54, 1.807) is 60.5 Å². The summed E-state index contributed by atoms with van der Waals surface area (Å²) in [6, 6.07) is 12.0. The summed E-state index contributed by atoms with van der Waals surface area (Å²) in [5, 5.41) is 34.2. The van der Waals surface area contributed by atoms with Crippen molar-refractivity contribution in [2.24, 2.45) is 5.92 Å². The molecule has 1 fully saturated rings. The van der Waals surface area contributed by atoms with Crippen molar-refractivity contribution in [1.82, 2.24) is 0 Å². The third kappa shape index (κ3) is 5.81. The van der Waals surface area contributed by atoms with Gasteiger partial charge in [-0.15, -0.1) is 0 Å². The van der Waals surface area contributed by atoms with Gasteiger partial charge in [0.25, 0.3) is 17.7 Å². The lowest BCUT2D eigenvalue weighted by atomic mass is 9.82. The second-order valence-corrected chi connectivity index (χ2v) is 15.5. The highest BCUT2D eigenvalue weighted by molar-refractivity contribution is 6.71. The first-order valence-corrected chi connectivity index (χ1v) is 16.8. The Morgan fingerprint density at radius 2 is 1.59 bits per heavy atom. The average molecular weight is 586 g/mol. The molecule has 0 aromatic heterocycles.